The van der Waals surface area contributed by atoms with E-state index < -0.39 is 6.10 Å². The Kier molecular flexibility index (Phi) is 4.22. The van der Waals surface area contributed by atoms with Gasteiger partial charge in [0.25, 0.3) is 0 Å². The lowest BCUT2D eigenvalue weighted by Crippen LogP contribution is -2.35. The second-order valence-corrected chi connectivity index (χ2v) is 7.58. The van der Waals surface area contributed by atoms with Crippen LogP contribution in [0.5, 0.6) is 0 Å². The fraction of sp³-hybridized carbons (Fsp3) is 0.632. The monoisotopic (exact) mass is 329 g/mol. The number of likely N-dealkylation sites (tertiary alicyclic amines) is 1. The summed E-state index contributed by atoms with van der Waals surface area (Å²) in [4.78, 5) is 6.72. The van der Waals surface area contributed by atoms with Crippen LogP contribution in [-0.2, 0) is 13.6 Å². The number of furan rings is 1. The molecule has 2 aromatic rings. The lowest BCUT2D eigenvalue weighted by atomic mass is 9.90. The minimum absolute atomic E-state index is 0.293. The largest absolute Gasteiger partial charge is 0.464 e. The van der Waals surface area contributed by atoms with Crippen molar-refractivity contribution in [2.45, 2.75) is 44.8 Å². The summed E-state index contributed by atoms with van der Waals surface area (Å²) >= 11 is 0. The molecule has 0 amide bonds. The Morgan fingerprint density at radius 3 is 2.71 bits per heavy atom. The number of hydrogen-bond donors (Lipinski definition) is 1. The smallest absolute Gasteiger partial charge is 0.137 e. The van der Waals surface area contributed by atoms with Crippen molar-refractivity contribution < 1.29 is 9.52 Å². The molecule has 1 aliphatic heterocycles. The third kappa shape index (κ3) is 3.15. The fourth-order valence-corrected chi connectivity index (χ4v) is 3.92. The molecule has 3 atom stereocenters. The molecule has 2 aliphatic rings. The van der Waals surface area contributed by atoms with Gasteiger partial charge in [-0.2, -0.15) is 0 Å². The second-order valence-electron chi connectivity index (χ2n) is 7.58. The minimum atomic E-state index is -0.460. The minimum Gasteiger partial charge on any atom is -0.464 e. The molecule has 1 N–H and O–H groups in total. The first kappa shape index (κ1) is 15.9. The predicted octanol–water partition coefficient (Wildman–Crippen LogP) is 3.08. The molecular weight excluding hydrogens is 302 g/mol. The molecule has 0 spiro atoms. The zero-order chi connectivity index (χ0) is 16.7. The quantitative estimate of drug-likeness (QED) is 0.916. The van der Waals surface area contributed by atoms with Crippen LogP contribution in [0.2, 0.25) is 0 Å². The van der Waals surface area contributed by atoms with Crippen molar-refractivity contribution >= 4 is 0 Å². The third-order valence-electron chi connectivity index (χ3n) is 5.74. The molecule has 24 heavy (non-hydrogen) atoms. The Labute approximate surface area is 143 Å². The highest BCUT2D eigenvalue weighted by Gasteiger charge is 2.36. The summed E-state index contributed by atoms with van der Waals surface area (Å²) in [6.07, 6.45) is 6.45. The molecule has 0 radical (unpaired) electrons. The average Bonchev–Trinajstić information content (AvgIpc) is 2.97. The molecule has 5 heteroatoms. The number of imidazole rings is 1. The maximum absolute atomic E-state index is 10.6. The Balaban J connectivity index is 1.30. The molecule has 130 valence electrons. The van der Waals surface area contributed by atoms with Crippen molar-refractivity contribution in [1.82, 2.24) is 14.5 Å². The van der Waals surface area contributed by atoms with Crippen LogP contribution in [0.15, 0.2) is 28.9 Å². The summed E-state index contributed by atoms with van der Waals surface area (Å²) in [5, 5.41) is 10.6. The Bertz CT molecular complexity index is 684. The average molecular weight is 329 g/mol. The van der Waals surface area contributed by atoms with Gasteiger partial charge in [0.2, 0.25) is 0 Å². The second kappa shape index (κ2) is 6.37. The van der Waals surface area contributed by atoms with Gasteiger partial charge in [0.15, 0.2) is 0 Å². The number of nitrogens with zero attached hydrogens (tertiary/aromatic N) is 3. The molecule has 5 nitrogen and oxygen atoms in total. The Hall–Kier alpha value is -1.59. The van der Waals surface area contributed by atoms with Crippen molar-refractivity contribution in [2.75, 3.05) is 13.1 Å². The van der Waals surface area contributed by atoms with E-state index in [0.29, 0.717) is 11.8 Å². The lowest BCUT2D eigenvalue weighted by molar-refractivity contribution is 0.0474. The van der Waals surface area contributed by atoms with Crippen LogP contribution in [0.1, 0.15) is 55.6 Å². The van der Waals surface area contributed by atoms with Gasteiger partial charge in [-0.3, -0.25) is 4.90 Å². The number of aliphatic hydroxyl groups is 1. The molecule has 3 heterocycles. The van der Waals surface area contributed by atoms with Crippen molar-refractivity contribution in [3.8, 4) is 0 Å². The van der Waals surface area contributed by atoms with Gasteiger partial charge in [0, 0.05) is 25.4 Å². The van der Waals surface area contributed by atoms with E-state index in [1.165, 1.54) is 6.42 Å². The third-order valence-corrected chi connectivity index (χ3v) is 5.74. The number of aryl methyl sites for hydroxylation is 1. The summed E-state index contributed by atoms with van der Waals surface area (Å²) < 4.78 is 7.94. The Morgan fingerprint density at radius 1 is 1.33 bits per heavy atom. The molecule has 0 unspecified atom stereocenters. The van der Waals surface area contributed by atoms with Gasteiger partial charge in [-0.05, 0) is 56.3 Å². The van der Waals surface area contributed by atoms with E-state index in [-0.39, 0.29) is 0 Å². The summed E-state index contributed by atoms with van der Waals surface area (Å²) in [5.41, 5.74) is 0. The first-order valence-electron chi connectivity index (χ1n) is 9.08. The van der Waals surface area contributed by atoms with Crippen molar-refractivity contribution in [3.05, 3.63) is 41.9 Å². The summed E-state index contributed by atoms with van der Waals surface area (Å²) in [6.45, 7) is 5.17. The molecule has 1 saturated carbocycles. The van der Waals surface area contributed by atoms with Crippen molar-refractivity contribution in [2.24, 2.45) is 18.9 Å². The molecule has 2 fully saturated rings. The van der Waals surface area contributed by atoms with E-state index in [1.807, 2.05) is 17.8 Å². The first-order valence-corrected chi connectivity index (χ1v) is 9.08. The van der Waals surface area contributed by atoms with Crippen LogP contribution in [-0.4, -0.2) is 32.6 Å². The summed E-state index contributed by atoms with van der Waals surface area (Å²) in [6, 6.07) is 4.29. The van der Waals surface area contributed by atoms with E-state index >= 15 is 0 Å². The Morgan fingerprint density at radius 2 is 2.08 bits per heavy atom. The standard InChI is InChI=1S/C19H27N3O2/c1-13-11-16(13)17-4-3-15(24-17)12-22-8-5-14(6-9-22)18(23)19-20-7-10-21(19)2/h3-4,7,10,13-14,16,18,23H,5-6,8-9,11-12H2,1-2H3/t13-,16+,18+/m1/s1. The fourth-order valence-electron chi connectivity index (χ4n) is 3.92. The van der Waals surface area contributed by atoms with E-state index in [2.05, 4.69) is 28.9 Å². The van der Waals surface area contributed by atoms with Crippen LogP contribution in [0.25, 0.3) is 0 Å². The van der Waals surface area contributed by atoms with Gasteiger partial charge in [-0.25, -0.2) is 4.98 Å². The summed E-state index contributed by atoms with van der Waals surface area (Å²) in [5.74, 6) is 4.75. The molecule has 0 bridgehead atoms. The maximum atomic E-state index is 10.6. The zero-order valence-corrected chi connectivity index (χ0v) is 14.6. The van der Waals surface area contributed by atoms with Crippen LogP contribution >= 0.6 is 0 Å². The molecule has 1 saturated heterocycles. The highest BCUT2D eigenvalue weighted by atomic mass is 16.3. The van der Waals surface area contributed by atoms with E-state index in [0.717, 1.165) is 55.7 Å². The van der Waals surface area contributed by atoms with Gasteiger partial charge in [0.05, 0.1) is 6.54 Å². The van der Waals surface area contributed by atoms with Crippen molar-refractivity contribution in [3.63, 3.8) is 0 Å². The van der Waals surface area contributed by atoms with Crippen LogP contribution in [0.3, 0.4) is 0 Å². The molecule has 0 aromatic carbocycles. The van der Waals surface area contributed by atoms with E-state index in [9.17, 15) is 5.11 Å². The topological polar surface area (TPSA) is 54.4 Å². The zero-order valence-electron chi connectivity index (χ0n) is 14.6. The van der Waals surface area contributed by atoms with Crippen LogP contribution < -0.4 is 0 Å². The van der Waals surface area contributed by atoms with Crippen molar-refractivity contribution in [1.29, 1.82) is 0 Å². The molecule has 4 rings (SSSR count). The predicted molar refractivity (Wildman–Crippen MR) is 91.4 cm³/mol. The van der Waals surface area contributed by atoms with Gasteiger partial charge in [0.1, 0.15) is 23.4 Å². The SMILES string of the molecule is C[C@@H]1C[C@@H]1c1ccc(CN2CCC([C@H](O)c3nccn3C)CC2)o1. The van der Waals surface area contributed by atoms with Crippen LogP contribution in [0, 0.1) is 11.8 Å². The maximum Gasteiger partial charge on any atom is 0.137 e. The lowest BCUT2D eigenvalue weighted by Gasteiger charge is -2.33. The first-order chi connectivity index (χ1) is 11.6. The van der Waals surface area contributed by atoms with Gasteiger partial charge >= 0.3 is 0 Å². The summed E-state index contributed by atoms with van der Waals surface area (Å²) in [7, 11) is 1.94. The van der Waals surface area contributed by atoms with E-state index in [1.54, 1.807) is 6.20 Å². The van der Waals surface area contributed by atoms with Crippen LogP contribution in [0.4, 0.5) is 0 Å². The molecular formula is C19H27N3O2. The van der Waals surface area contributed by atoms with Gasteiger partial charge in [-0.1, -0.05) is 6.92 Å². The number of rotatable bonds is 5. The van der Waals surface area contributed by atoms with Gasteiger partial charge < -0.3 is 14.1 Å². The number of aliphatic hydroxyl groups excluding tert-OH is 1. The highest BCUT2D eigenvalue weighted by molar-refractivity contribution is 5.17. The highest BCUT2D eigenvalue weighted by Crippen LogP contribution is 2.47. The van der Waals surface area contributed by atoms with Gasteiger partial charge in [-0.15, -0.1) is 0 Å². The number of aromatic nitrogens is 2. The van der Waals surface area contributed by atoms with E-state index in [4.69, 9.17) is 4.42 Å². The number of piperidine rings is 1. The molecule has 2 aromatic heterocycles. The normalized spacial score (nSPS) is 26.6. The molecule has 1 aliphatic carbocycles. The number of hydrogen-bond acceptors (Lipinski definition) is 4.